The highest BCUT2D eigenvalue weighted by Gasteiger charge is 2.16. The molecule has 0 radical (unpaired) electrons. The number of fused-ring (bicyclic) bond motifs is 1. The van der Waals surface area contributed by atoms with Crippen LogP contribution in [0.5, 0.6) is 0 Å². The molecule has 2 rings (SSSR count). The zero-order valence-electron chi connectivity index (χ0n) is 12.2. The van der Waals surface area contributed by atoms with E-state index in [0.29, 0.717) is 0 Å². The zero-order valence-corrected chi connectivity index (χ0v) is 13.0. The van der Waals surface area contributed by atoms with Gasteiger partial charge >= 0.3 is 0 Å². The van der Waals surface area contributed by atoms with E-state index in [1.165, 1.54) is 5.52 Å². The highest BCUT2D eigenvalue weighted by Crippen LogP contribution is 2.20. The molecule has 1 aromatic carbocycles. The van der Waals surface area contributed by atoms with Gasteiger partial charge in [-0.1, -0.05) is 12.1 Å². The van der Waals surface area contributed by atoms with Crippen molar-refractivity contribution in [3.8, 4) is 0 Å². The largest absolute Gasteiger partial charge is 0.327 e. The van der Waals surface area contributed by atoms with Crippen LogP contribution in [-0.4, -0.2) is 27.1 Å². The highest BCUT2D eigenvalue weighted by atomic mass is 32.2. The predicted molar refractivity (Wildman–Crippen MR) is 84.7 cm³/mol. The van der Waals surface area contributed by atoms with E-state index in [9.17, 15) is 0 Å². The topological polar surface area (TPSA) is 29.9 Å². The van der Waals surface area contributed by atoms with E-state index in [1.807, 2.05) is 17.8 Å². The van der Waals surface area contributed by atoms with Gasteiger partial charge in [0.25, 0.3) is 0 Å². The molecule has 4 heteroatoms. The summed E-state index contributed by atoms with van der Waals surface area (Å²) in [7, 11) is 0. The van der Waals surface area contributed by atoms with Crippen LogP contribution in [0.1, 0.15) is 26.6 Å². The molecule has 0 atom stereocenters. The zero-order chi connectivity index (χ0) is 13.9. The molecule has 1 aromatic heterocycles. The number of hydrogen-bond acceptors (Lipinski definition) is 3. The summed E-state index contributed by atoms with van der Waals surface area (Å²) in [4.78, 5) is 4.72. The standard InChI is InChI=1S/C15H23N3S/c1-5-18-13-9-7-6-8-12(13)17-14(18)10-16-11-15(2,3)19-4/h6-9,16H,5,10-11H2,1-4H3. The lowest BCUT2D eigenvalue weighted by atomic mass is 10.2. The van der Waals surface area contributed by atoms with Gasteiger partial charge in [0.2, 0.25) is 0 Å². The fourth-order valence-electron chi connectivity index (χ4n) is 2.16. The van der Waals surface area contributed by atoms with Gasteiger partial charge in [-0.25, -0.2) is 4.98 Å². The molecule has 1 heterocycles. The normalized spacial score (nSPS) is 12.2. The van der Waals surface area contributed by atoms with Crippen molar-refractivity contribution in [1.82, 2.24) is 14.9 Å². The third kappa shape index (κ3) is 3.31. The van der Waals surface area contributed by atoms with Crippen LogP contribution in [-0.2, 0) is 13.1 Å². The van der Waals surface area contributed by atoms with E-state index in [4.69, 9.17) is 4.98 Å². The number of benzene rings is 1. The Morgan fingerprint density at radius 1 is 1.32 bits per heavy atom. The van der Waals surface area contributed by atoms with Gasteiger partial charge in [0.05, 0.1) is 17.6 Å². The van der Waals surface area contributed by atoms with Crippen LogP contribution in [0.2, 0.25) is 0 Å². The molecule has 0 saturated heterocycles. The lowest BCUT2D eigenvalue weighted by Crippen LogP contribution is -2.32. The fraction of sp³-hybridized carbons (Fsp3) is 0.533. The van der Waals surface area contributed by atoms with Crippen LogP contribution in [0, 0.1) is 0 Å². The van der Waals surface area contributed by atoms with Crippen molar-refractivity contribution >= 4 is 22.8 Å². The maximum Gasteiger partial charge on any atom is 0.123 e. The second-order valence-electron chi connectivity index (χ2n) is 5.33. The minimum Gasteiger partial charge on any atom is -0.327 e. The number of thioether (sulfide) groups is 1. The van der Waals surface area contributed by atoms with Gasteiger partial charge in [0.1, 0.15) is 5.82 Å². The molecule has 2 aromatic rings. The van der Waals surface area contributed by atoms with Crippen molar-refractivity contribution in [3.63, 3.8) is 0 Å². The molecule has 104 valence electrons. The predicted octanol–water partition coefficient (Wildman–Crippen LogP) is 3.29. The average molecular weight is 277 g/mol. The second kappa shape index (κ2) is 5.97. The Morgan fingerprint density at radius 2 is 2.05 bits per heavy atom. The number of aromatic nitrogens is 2. The lowest BCUT2D eigenvalue weighted by Gasteiger charge is -2.22. The van der Waals surface area contributed by atoms with E-state index in [-0.39, 0.29) is 4.75 Å². The third-order valence-corrected chi connectivity index (χ3v) is 4.69. The molecule has 0 unspecified atom stereocenters. The molecular formula is C15H23N3S. The smallest absolute Gasteiger partial charge is 0.123 e. The summed E-state index contributed by atoms with van der Waals surface area (Å²) in [6.07, 6.45) is 2.16. The van der Waals surface area contributed by atoms with Gasteiger partial charge in [-0.2, -0.15) is 11.8 Å². The van der Waals surface area contributed by atoms with E-state index in [1.54, 1.807) is 0 Å². The Morgan fingerprint density at radius 3 is 2.74 bits per heavy atom. The Bertz CT molecular complexity index is 545. The van der Waals surface area contributed by atoms with Crippen LogP contribution in [0.3, 0.4) is 0 Å². The molecule has 0 aliphatic heterocycles. The monoisotopic (exact) mass is 277 g/mol. The summed E-state index contributed by atoms with van der Waals surface area (Å²) in [5.74, 6) is 1.13. The van der Waals surface area contributed by atoms with Crippen molar-refractivity contribution in [1.29, 1.82) is 0 Å². The Kier molecular flexibility index (Phi) is 4.53. The maximum atomic E-state index is 4.72. The number of nitrogens with one attached hydrogen (secondary N) is 1. The van der Waals surface area contributed by atoms with Crippen LogP contribution < -0.4 is 5.32 Å². The average Bonchev–Trinajstić information content (AvgIpc) is 2.76. The van der Waals surface area contributed by atoms with Crippen molar-refractivity contribution in [2.24, 2.45) is 0 Å². The summed E-state index contributed by atoms with van der Waals surface area (Å²) in [6, 6.07) is 8.34. The van der Waals surface area contributed by atoms with Crippen molar-refractivity contribution in [2.45, 2.75) is 38.6 Å². The highest BCUT2D eigenvalue weighted by molar-refractivity contribution is 7.99. The molecule has 19 heavy (non-hydrogen) atoms. The molecule has 0 bridgehead atoms. The molecule has 0 aliphatic rings. The van der Waals surface area contributed by atoms with Gasteiger partial charge < -0.3 is 9.88 Å². The van der Waals surface area contributed by atoms with Gasteiger partial charge in [-0.05, 0) is 39.2 Å². The van der Waals surface area contributed by atoms with Crippen LogP contribution in [0.25, 0.3) is 11.0 Å². The first-order valence-corrected chi connectivity index (χ1v) is 8.00. The SMILES string of the molecule is CCn1c(CNCC(C)(C)SC)nc2ccccc21. The Balaban J connectivity index is 2.12. The molecule has 0 spiro atoms. The number of imidazole rings is 1. The third-order valence-electron chi connectivity index (χ3n) is 3.44. The molecule has 0 saturated carbocycles. The van der Waals surface area contributed by atoms with Gasteiger partial charge in [-0.3, -0.25) is 0 Å². The quantitative estimate of drug-likeness (QED) is 0.878. The van der Waals surface area contributed by atoms with E-state index < -0.39 is 0 Å². The minimum absolute atomic E-state index is 0.267. The van der Waals surface area contributed by atoms with Crippen LogP contribution >= 0.6 is 11.8 Å². The number of nitrogens with zero attached hydrogens (tertiary/aromatic N) is 2. The lowest BCUT2D eigenvalue weighted by molar-refractivity contribution is 0.563. The molecule has 0 amide bonds. The van der Waals surface area contributed by atoms with Crippen molar-refractivity contribution < 1.29 is 0 Å². The Labute approximate surface area is 119 Å². The molecular weight excluding hydrogens is 254 g/mol. The number of aryl methyl sites for hydroxylation is 1. The van der Waals surface area contributed by atoms with Crippen LogP contribution in [0.4, 0.5) is 0 Å². The first kappa shape index (κ1) is 14.4. The molecule has 0 fully saturated rings. The fourth-order valence-corrected chi connectivity index (χ4v) is 2.41. The summed E-state index contributed by atoms with van der Waals surface area (Å²) >= 11 is 1.89. The van der Waals surface area contributed by atoms with E-state index in [2.05, 4.69) is 55.1 Å². The van der Waals surface area contributed by atoms with E-state index >= 15 is 0 Å². The second-order valence-corrected chi connectivity index (χ2v) is 6.84. The number of rotatable bonds is 6. The number of hydrogen-bond donors (Lipinski definition) is 1. The van der Waals surface area contributed by atoms with E-state index in [0.717, 1.165) is 31.0 Å². The van der Waals surface area contributed by atoms with Crippen molar-refractivity contribution in [2.75, 3.05) is 12.8 Å². The summed E-state index contributed by atoms with van der Waals surface area (Å²) in [6.45, 7) is 9.46. The molecule has 1 N–H and O–H groups in total. The first-order valence-electron chi connectivity index (χ1n) is 6.77. The molecule has 0 aliphatic carbocycles. The minimum atomic E-state index is 0.267. The van der Waals surface area contributed by atoms with Gasteiger partial charge in [0, 0.05) is 17.8 Å². The van der Waals surface area contributed by atoms with Gasteiger partial charge in [-0.15, -0.1) is 0 Å². The first-order chi connectivity index (χ1) is 9.07. The summed E-state index contributed by atoms with van der Waals surface area (Å²) in [5, 5.41) is 3.52. The summed E-state index contributed by atoms with van der Waals surface area (Å²) < 4.78 is 2.55. The Hall–Kier alpha value is -1.00. The maximum absolute atomic E-state index is 4.72. The molecule has 3 nitrogen and oxygen atoms in total. The van der Waals surface area contributed by atoms with Gasteiger partial charge in [0.15, 0.2) is 0 Å². The van der Waals surface area contributed by atoms with Crippen molar-refractivity contribution in [3.05, 3.63) is 30.1 Å². The summed E-state index contributed by atoms with van der Waals surface area (Å²) in [5.41, 5.74) is 2.32. The van der Waals surface area contributed by atoms with Crippen LogP contribution in [0.15, 0.2) is 24.3 Å². The number of para-hydroxylation sites is 2.